The topological polar surface area (TPSA) is 80.0 Å². The highest BCUT2D eigenvalue weighted by atomic mass is 19.3. The van der Waals surface area contributed by atoms with E-state index >= 15 is 0 Å². The van der Waals surface area contributed by atoms with Crippen molar-refractivity contribution in [2.45, 2.75) is 19.8 Å². The maximum absolute atomic E-state index is 13.2. The number of rotatable bonds is 4. The molecule has 2 amide bonds. The smallest absolute Gasteiger partial charge is 0.409 e. The van der Waals surface area contributed by atoms with E-state index in [0.29, 0.717) is 10.6 Å². The first-order valence-electron chi connectivity index (χ1n) is 8.49. The Balaban J connectivity index is 1.81. The average molecular weight is 403 g/mol. The summed E-state index contributed by atoms with van der Waals surface area (Å²) < 4.78 is 57.8. The summed E-state index contributed by atoms with van der Waals surface area (Å²) in [5.74, 6) is -0.562. The van der Waals surface area contributed by atoms with Gasteiger partial charge in [0.25, 0.3) is 18.8 Å². The minimum absolute atomic E-state index is 0.189. The largest absolute Gasteiger partial charge is 0.450 e. The Bertz CT molecular complexity index is 881. The quantitative estimate of drug-likeness (QED) is 0.733. The van der Waals surface area contributed by atoms with Gasteiger partial charge in [-0.3, -0.25) is 4.79 Å². The molecule has 0 saturated carbocycles. The molecule has 0 unspecified atom stereocenters. The average Bonchev–Trinajstić information content (AvgIpc) is 3.10. The Morgan fingerprint density at radius 1 is 1.07 bits per heavy atom. The van der Waals surface area contributed by atoms with Crippen molar-refractivity contribution in [3.63, 3.8) is 0 Å². The molecule has 2 aromatic heterocycles. The van der Waals surface area contributed by atoms with Gasteiger partial charge in [0.15, 0.2) is 11.3 Å². The summed E-state index contributed by atoms with van der Waals surface area (Å²) in [6, 6.07) is 1.67. The first kappa shape index (κ1) is 19.8. The van der Waals surface area contributed by atoms with Crippen molar-refractivity contribution in [2.75, 3.05) is 32.8 Å². The fourth-order valence-corrected chi connectivity index (χ4v) is 2.86. The number of alkyl halides is 4. The summed E-state index contributed by atoms with van der Waals surface area (Å²) in [6.07, 6.45) is -6.58. The van der Waals surface area contributed by atoms with Crippen LogP contribution in [0.2, 0.25) is 0 Å². The van der Waals surface area contributed by atoms with Gasteiger partial charge in [0.1, 0.15) is 11.4 Å². The van der Waals surface area contributed by atoms with Gasteiger partial charge in [-0.25, -0.2) is 31.9 Å². The van der Waals surface area contributed by atoms with Crippen LogP contribution in [-0.2, 0) is 4.74 Å². The van der Waals surface area contributed by atoms with Crippen LogP contribution in [0, 0.1) is 0 Å². The molecule has 12 heteroatoms. The van der Waals surface area contributed by atoms with Crippen molar-refractivity contribution in [3.05, 3.63) is 29.2 Å². The zero-order chi connectivity index (χ0) is 20.4. The van der Waals surface area contributed by atoms with Crippen molar-refractivity contribution in [1.29, 1.82) is 0 Å². The van der Waals surface area contributed by atoms with Gasteiger partial charge < -0.3 is 14.5 Å². The summed E-state index contributed by atoms with van der Waals surface area (Å²) >= 11 is 0. The number of carbonyl (C=O) groups excluding carboxylic acids is 2. The fourth-order valence-electron chi connectivity index (χ4n) is 2.86. The van der Waals surface area contributed by atoms with Crippen LogP contribution in [0.1, 0.15) is 41.7 Å². The molecule has 1 aliphatic heterocycles. The van der Waals surface area contributed by atoms with Crippen LogP contribution in [0.15, 0.2) is 12.1 Å². The van der Waals surface area contributed by atoms with Gasteiger partial charge in [0.05, 0.1) is 6.61 Å². The normalized spacial score (nSPS) is 15.0. The standard InChI is InChI=1S/C16H17F4N5O3/c1-2-28-16(27)24-5-3-23(4-6-24)15(26)10-8-12-21-9(13(17)18)7-11(14(19)20)25(12)22-10/h7-8,13-14H,2-6H2,1H3. The summed E-state index contributed by atoms with van der Waals surface area (Å²) in [5, 5.41) is 3.83. The van der Waals surface area contributed by atoms with Gasteiger partial charge in [0, 0.05) is 32.2 Å². The number of aromatic nitrogens is 3. The Labute approximate surface area is 156 Å². The van der Waals surface area contributed by atoms with Crippen LogP contribution in [0.3, 0.4) is 0 Å². The molecular formula is C16H17F4N5O3. The highest BCUT2D eigenvalue weighted by molar-refractivity contribution is 5.93. The number of ether oxygens (including phenoxy) is 1. The molecule has 0 bridgehead atoms. The highest BCUT2D eigenvalue weighted by Gasteiger charge is 2.28. The molecule has 8 nitrogen and oxygen atoms in total. The lowest BCUT2D eigenvalue weighted by Gasteiger charge is -2.33. The third kappa shape index (κ3) is 3.85. The van der Waals surface area contributed by atoms with E-state index in [9.17, 15) is 27.2 Å². The maximum atomic E-state index is 13.2. The Morgan fingerprint density at radius 3 is 2.29 bits per heavy atom. The van der Waals surface area contributed by atoms with E-state index in [-0.39, 0.29) is 44.1 Å². The molecule has 0 atom stereocenters. The van der Waals surface area contributed by atoms with Crippen molar-refractivity contribution in [3.8, 4) is 0 Å². The molecule has 0 aromatic carbocycles. The number of carbonyl (C=O) groups is 2. The number of hydrogen-bond acceptors (Lipinski definition) is 5. The minimum Gasteiger partial charge on any atom is -0.450 e. The van der Waals surface area contributed by atoms with Gasteiger partial charge in [-0.1, -0.05) is 0 Å². The van der Waals surface area contributed by atoms with Crippen LogP contribution in [0.25, 0.3) is 5.65 Å². The summed E-state index contributed by atoms with van der Waals surface area (Å²) in [7, 11) is 0. The first-order valence-corrected chi connectivity index (χ1v) is 8.49. The molecular weight excluding hydrogens is 386 g/mol. The number of amides is 2. The molecule has 0 aliphatic carbocycles. The monoisotopic (exact) mass is 403 g/mol. The van der Waals surface area contributed by atoms with Crippen molar-refractivity contribution < 1.29 is 31.9 Å². The molecule has 0 N–H and O–H groups in total. The highest BCUT2D eigenvalue weighted by Crippen LogP contribution is 2.25. The molecule has 2 aromatic rings. The van der Waals surface area contributed by atoms with Gasteiger partial charge in [-0.2, -0.15) is 5.10 Å². The van der Waals surface area contributed by atoms with Gasteiger partial charge in [-0.15, -0.1) is 0 Å². The van der Waals surface area contributed by atoms with Crippen LogP contribution >= 0.6 is 0 Å². The third-order valence-electron chi connectivity index (χ3n) is 4.23. The number of fused-ring (bicyclic) bond motifs is 1. The van der Waals surface area contributed by atoms with Gasteiger partial charge in [-0.05, 0) is 13.0 Å². The zero-order valence-corrected chi connectivity index (χ0v) is 14.8. The second kappa shape index (κ2) is 7.98. The van der Waals surface area contributed by atoms with Crippen molar-refractivity contribution in [1.82, 2.24) is 24.4 Å². The van der Waals surface area contributed by atoms with Gasteiger partial charge in [0.2, 0.25) is 0 Å². The van der Waals surface area contributed by atoms with E-state index in [4.69, 9.17) is 4.74 Å². The number of nitrogens with zero attached hydrogens (tertiary/aromatic N) is 5. The number of halogens is 4. The second-order valence-corrected chi connectivity index (χ2v) is 5.99. The lowest BCUT2D eigenvalue weighted by Crippen LogP contribution is -2.50. The molecule has 1 saturated heterocycles. The predicted octanol–water partition coefficient (Wildman–Crippen LogP) is 2.52. The molecule has 3 rings (SSSR count). The van der Waals surface area contributed by atoms with E-state index in [0.717, 1.165) is 6.07 Å². The predicted molar refractivity (Wildman–Crippen MR) is 87.4 cm³/mol. The summed E-state index contributed by atoms with van der Waals surface area (Å²) in [4.78, 5) is 30.8. The van der Waals surface area contributed by atoms with Crippen LogP contribution < -0.4 is 0 Å². The van der Waals surface area contributed by atoms with E-state index in [1.807, 2.05) is 0 Å². The van der Waals surface area contributed by atoms with Crippen molar-refractivity contribution in [2.24, 2.45) is 0 Å². The Hall–Kier alpha value is -2.92. The molecule has 28 heavy (non-hydrogen) atoms. The Morgan fingerprint density at radius 2 is 1.71 bits per heavy atom. The maximum Gasteiger partial charge on any atom is 0.409 e. The molecule has 3 heterocycles. The van der Waals surface area contributed by atoms with E-state index in [2.05, 4.69) is 10.1 Å². The second-order valence-electron chi connectivity index (χ2n) is 5.99. The molecule has 152 valence electrons. The zero-order valence-electron chi connectivity index (χ0n) is 14.8. The lowest BCUT2D eigenvalue weighted by atomic mass is 10.3. The van der Waals surface area contributed by atoms with Crippen LogP contribution in [-0.4, -0.2) is 69.2 Å². The van der Waals surface area contributed by atoms with E-state index in [1.165, 1.54) is 9.80 Å². The third-order valence-corrected chi connectivity index (χ3v) is 4.23. The fraction of sp³-hybridized carbons (Fsp3) is 0.500. The first-order chi connectivity index (χ1) is 13.3. The molecule has 1 fully saturated rings. The van der Waals surface area contributed by atoms with Gasteiger partial charge >= 0.3 is 6.09 Å². The summed E-state index contributed by atoms with van der Waals surface area (Å²) in [5.41, 5.74) is -2.04. The summed E-state index contributed by atoms with van der Waals surface area (Å²) in [6.45, 7) is 2.80. The van der Waals surface area contributed by atoms with E-state index in [1.54, 1.807) is 6.92 Å². The van der Waals surface area contributed by atoms with Crippen LogP contribution in [0.4, 0.5) is 22.4 Å². The minimum atomic E-state index is -3.07. The SMILES string of the molecule is CCOC(=O)N1CCN(C(=O)c2cc3nc(C(F)F)cc(C(F)F)n3n2)CC1. The molecule has 1 aliphatic rings. The molecule has 0 radical (unpaired) electrons. The van der Waals surface area contributed by atoms with Crippen LogP contribution in [0.5, 0.6) is 0 Å². The number of piperazine rings is 1. The number of hydrogen-bond donors (Lipinski definition) is 0. The lowest BCUT2D eigenvalue weighted by molar-refractivity contribution is 0.0565. The van der Waals surface area contributed by atoms with Crippen molar-refractivity contribution >= 4 is 17.6 Å². The van der Waals surface area contributed by atoms with E-state index < -0.39 is 36.2 Å². The Kier molecular flexibility index (Phi) is 5.66. The molecule has 0 spiro atoms.